The van der Waals surface area contributed by atoms with E-state index in [0.717, 1.165) is 22.1 Å². The molecule has 45 heavy (non-hydrogen) atoms. The Morgan fingerprint density at radius 2 is 1.67 bits per heavy atom. The highest BCUT2D eigenvalue weighted by Crippen LogP contribution is 2.64. The molecule has 7 rings (SSSR count). The Bertz CT molecular complexity index is 1810. The van der Waals surface area contributed by atoms with Gasteiger partial charge < -0.3 is 10.2 Å². The predicted molar refractivity (Wildman–Crippen MR) is 163 cm³/mol. The van der Waals surface area contributed by atoms with Gasteiger partial charge in [0.1, 0.15) is 17.3 Å². The lowest BCUT2D eigenvalue weighted by molar-refractivity contribution is -0.140. The molecule has 4 aliphatic rings. The third-order valence-electron chi connectivity index (χ3n) is 10.3. The van der Waals surface area contributed by atoms with Crippen molar-refractivity contribution in [3.05, 3.63) is 100 Å². The molecule has 0 bridgehead atoms. The van der Waals surface area contributed by atoms with E-state index in [9.17, 15) is 33.8 Å². The summed E-state index contributed by atoms with van der Waals surface area (Å²) in [5.41, 5.74) is 0.895. The molecule has 2 aliphatic heterocycles. The van der Waals surface area contributed by atoms with Gasteiger partial charge >= 0.3 is 0 Å². The molecular weight excluding hydrogens is 599 g/mol. The molecule has 2 aliphatic carbocycles. The number of hydrogen-bond acceptors (Lipinski definition) is 6. The first-order chi connectivity index (χ1) is 21.5. The van der Waals surface area contributed by atoms with Crippen molar-refractivity contribution in [2.45, 2.75) is 32.1 Å². The van der Waals surface area contributed by atoms with Gasteiger partial charge in [0.2, 0.25) is 23.6 Å². The highest BCUT2D eigenvalue weighted by Gasteiger charge is 2.67. The van der Waals surface area contributed by atoms with Gasteiger partial charge in [-0.3, -0.25) is 24.1 Å². The summed E-state index contributed by atoms with van der Waals surface area (Å²) in [6, 6.07) is 16.9. The van der Waals surface area contributed by atoms with Gasteiger partial charge in [-0.2, -0.15) is 0 Å². The zero-order valence-electron chi connectivity index (χ0n) is 24.3. The number of allylic oxidation sites excluding steroid dienone is 2. The number of nitrogens with zero attached hydrogens (tertiary/aromatic N) is 2. The zero-order chi connectivity index (χ0) is 31.8. The zero-order valence-corrected chi connectivity index (χ0v) is 25.1. The first kappa shape index (κ1) is 29.2. The Kier molecular flexibility index (Phi) is 6.85. The second-order valence-electron chi connectivity index (χ2n) is 12.6. The molecule has 0 spiro atoms. The molecule has 0 unspecified atom stereocenters. The summed E-state index contributed by atoms with van der Waals surface area (Å²) in [4.78, 5) is 58.6. The topological polar surface area (TPSA) is 115 Å². The van der Waals surface area contributed by atoms with Crippen molar-refractivity contribution in [2.24, 2.45) is 29.1 Å². The van der Waals surface area contributed by atoms with Crippen molar-refractivity contribution in [1.82, 2.24) is 4.90 Å². The number of fused-ring (bicyclic) bond motifs is 4. The number of amides is 4. The summed E-state index contributed by atoms with van der Waals surface area (Å²) in [6.07, 6.45) is 2.80. The van der Waals surface area contributed by atoms with E-state index in [1.165, 1.54) is 23.1 Å². The van der Waals surface area contributed by atoms with Crippen LogP contribution in [0.2, 0.25) is 5.02 Å². The standard InChI is InChI=1S/C35H30ClFN2O6/c1-35-25(32(43)39(34(35)45)19-8-13-27(37)26(36)16-19)17-24-21(30(35)22-4-2-3-5-28(22)41)11-12-23-29(24)33(44)38(31(23)42)15-14-18-6-9-20(40)10-7-18/h2-11,13,16,23-25,29-30,40-41H,12,14-15,17H2,1H3/t23-,24+,25-,29-,30+,35+/m0/s1. The van der Waals surface area contributed by atoms with Crippen LogP contribution in [-0.2, 0) is 25.6 Å². The highest BCUT2D eigenvalue weighted by atomic mass is 35.5. The van der Waals surface area contributed by atoms with E-state index in [-0.39, 0.29) is 47.0 Å². The minimum absolute atomic E-state index is 0.0426. The number of phenolic OH excluding ortho intramolecular Hbond substituents is 2. The van der Waals surface area contributed by atoms with Crippen molar-refractivity contribution >= 4 is 40.9 Å². The largest absolute Gasteiger partial charge is 0.508 e. The van der Waals surface area contributed by atoms with Crippen LogP contribution >= 0.6 is 11.6 Å². The Labute approximate surface area is 263 Å². The molecular formula is C35H30ClFN2O6. The number of imide groups is 2. The van der Waals surface area contributed by atoms with E-state index in [1.54, 1.807) is 49.4 Å². The molecule has 2 N–H and O–H groups in total. The number of carbonyl (C=O) groups is 4. The molecule has 8 nitrogen and oxygen atoms in total. The van der Waals surface area contributed by atoms with Crippen molar-refractivity contribution in [3.8, 4) is 11.5 Å². The van der Waals surface area contributed by atoms with Crippen LogP contribution < -0.4 is 4.90 Å². The summed E-state index contributed by atoms with van der Waals surface area (Å²) in [7, 11) is 0. The summed E-state index contributed by atoms with van der Waals surface area (Å²) in [5.74, 6) is -5.63. The van der Waals surface area contributed by atoms with Crippen LogP contribution in [0.5, 0.6) is 11.5 Å². The maximum absolute atomic E-state index is 14.4. The summed E-state index contributed by atoms with van der Waals surface area (Å²) >= 11 is 6.04. The lowest BCUT2D eigenvalue weighted by Crippen LogP contribution is -2.48. The Morgan fingerprint density at radius 3 is 2.38 bits per heavy atom. The average molecular weight is 629 g/mol. The molecule has 3 fully saturated rings. The van der Waals surface area contributed by atoms with Crippen LogP contribution in [0.1, 0.15) is 36.8 Å². The SMILES string of the molecule is C[C@@]12C(=O)N(c3ccc(F)c(Cl)c3)C(=O)[C@@H]1C[C@@H]1C(=CC[C@@H]3C(=O)N(CCc4ccc(O)cc4)C(=O)[C@@H]31)[C@@H]2c1ccccc1O. The number of benzene rings is 3. The van der Waals surface area contributed by atoms with E-state index < -0.39 is 52.6 Å². The highest BCUT2D eigenvalue weighted by molar-refractivity contribution is 6.31. The number of halogens is 2. The molecule has 3 aromatic carbocycles. The van der Waals surface area contributed by atoms with Gasteiger partial charge in [0, 0.05) is 18.0 Å². The number of aromatic hydroxyl groups is 2. The molecule has 0 aromatic heterocycles. The first-order valence-electron chi connectivity index (χ1n) is 15.0. The fraction of sp³-hybridized carbons (Fsp3) is 0.314. The van der Waals surface area contributed by atoms with Gasteiger partial charge in [-0.25, -0.2) is 9.29 Å². The van der Waals surface area contributed by atoms with Crippen molar-refractivity contribution < 1.29 is 33.8 Å². The molecule has 230 valence electrons. The fourth-order valence-corrected chi connectivity index (χ4v) is 8.33. The first-order valence-corrected chi connectivity index (χ1v) is 15.3. The fourth-order valence-electron chi connectivity index (χ4n) is 8.15. The summed E-state index contributed by atoms with van der Waals surface area (Å²) in [6.45, 7) is 1.90. The van der Waals surface area contributed by atoms with Gasteiger partial charge in [0.15, 0.2) is 0 Å². The average Bonchev–Trinajstić information content (AvgIpc) is 3.38. The predicted octanol–water partition coefficient (Wildman–Crippen LogP) is 5.36. The second kappa shape index (κ2) is 10.5. The molecule has 4 amide bonds. The molecule has 6 atom stereocenters. The molecule has 0 radical (unpaired) electrons. The van der Waals surface area contributed by atoms with Gasteiger partial charge in [0.05, 0.1) is 33.9 Å². The molecule has 1 saturated carbocycles. The normalized spacial score (nSPS) is 29.0. The van der Waals surface area contributed by atoms with E-state index >= 15 is 0 Å². The Balaban J connectivity index is 1.29. The van der Waals surface area contributed by atoms with Crippen LogP contribution in [0, 0.1) is 34.9 Å². The van der Waals surface area contributed by atoms with Crippen LogP contribution in [0.25, 0.3) is 0 Å². The smallest absolute Gasteiger partial charge is 0.241 e. The van der Waals surface area contributed by atoms with E-state index in [2.05, 4.69) is 0 Å². The number of anilines is 1. The maximum Gasteiger partial charge on any atom is 0.241 e. The number of likely N-dealkylation sites (tertiary alicyclic amines) is 1. The number of phenols is 2. The van der Waals surface area contributed by atoms with E-state index in [0.29, 0.717) is 18.4 Å². The van der Waals surface area contributed by atoms with Crippen LogP contribution in [0.3, 0.4) is 0 Å². The minimum atomic E-state index is -1.34. The monoisotopic (exact) mass is 628 g/mol. The Hall–Kier alpha value is -4.50. The van der Waals surface area contributed by atoms with Crippen LogP contribution in [0.15, 0.2) is 78.4 Å². The summed E-state index contributed by atoms with van der Waals surface area (Å²) in [5, 5.41) is 20.4. The quantitative estimate of drug-likeness (QED) is 0.290. The lowest BCUT2D eigenvalue weighted by Gasteiger charge is -2.49. The minimum Gasteiger partial charge on any atom is -0.508 e. The van der Waals surface area contributed by atoms with Gasteiger partial charge in [-0.05, 0) is 74.1 Å². The van der Waals surface area contributed by atoms with E-state index in [4.69, 9.17) is 11.6 Å². The second-order valence-corrected chi connectivity index (χ2v) is 13.0. The van der Waals surface area contributed by atoms with Crippen LogP contribution in [0.4, 0.5) is 10.1 Å². The van der Waals surface area contributed by atoms with E-state index in [1.807, 2.05) is 6.08 Å². The number of hydrogen-bond donors (Lipinski definition) is 2. The number of rotatable bonds is 5. The Morgan fingerprint density at radius 1 is 0.933 bits per heavy atom. The van der Waals surface area contributed by atoms with Crippen molar-refractivity contribution in [2.75, 3.05) is 11.4 Å². The molecule has 2 heterocycles. The van der Waals surface area contributed by atoms with Gasteiger partial charge in [0.25, 0.3) is 0 Å². The third kappa shape index (κ3) is 4.31. The maximum atomic E-state index is 14.4. The molecule has 3 aromatic rings. The van der Waals surface area contributed by atoms with Crippen molar-refractivity contribution in [1.29, 1.82) is 0 Å². The van der Waals surface area contributed by atoms with Crippen LogP contribution in [-0.4, -0.2) is 45.3 Å². The summed E-state index contributed by atoms with van der Waals surface area (Å²) < 4.78 is 14.0. The third-order valence-corrected chi connectivity index (χ3v) is 10.6. The number of para-hydroxylation sites is 1. The lowest BCUT2D eigenvalue weighted by atomic mass is 9.51. The van der Waals surface area contributed by atoms with Gasteiger partial charge in [-0.15, -0.1) is 0 Å². The van der Waals surface area contributed by atoms with Crippen molar-refractivity contribution in [3.63, 3.8) is 0 Å². The van der Waals surface area contributed by atoms with Gasteiger partial charge in [-0.1, -0.05) is 53.6 Å². The number of carbonyl (C=O) groups excluding carboxylic acids is 4. The molecule has 2 saturated heterocycles. The molecule has 10 heteroatoms.